The highest BCUT2D eigenvalue weighted by atomic mass is 35.5. The molecule has 440 valence electrons. The fraction of sp³-hybridized carbons (Fsp3) is 1.00. The average molecular weight is 1200 g/mol. The van der Waals surface area contributed by atoms with Crippen LogP contribution in [0.5, 0.6) is 0 Å². The van der Waals surface area contributed by atoms with Crippen LogP contribution in [0, 0.1) is 0 Å². The van der Waals surface area contributed by atoms with Crippen LogP contribution in [-0.2, 0) is 52.1 Å². The van der Waals surface area contributed by atoms with Gasteiger partial charge in [-0.15, -0.1) is 74.4 Å². The highest BCUT2D eigenvalue weighted by Crippen LogP contribution is 2.35. The van der Waals surface area contributed by atoms with Gasteiger partial charge in [-0.25, -0.2) is 0 Å². The molecule has 0 aliphatic carbocycles. The van der Waals surface area contributed by atoms with E-state index in [-0.39, 0.29) is 74.4 Å². The van der Waals surface area contributed by atoms with Gasteiger partial charge in [0.05, 0.1) is 75.9 Å². The lowest BCUT2D eigenvalue weighted by Crippen LogP contribution is -2.71. The van der Waals surface area contributed by atoms with Crippen LogP contribution in [0.25, 0.3) is 0 Å². The second-order valence-electron chi connectivity index (χ2n) is 17.3. The van der Waals surface area contributed by atoms with Crippen LogP contribution in [-0.4, -0.2) is 295 Å². The predicted octanol–water partition coefficient (Wildman–Crippen LogP) is -11.8. The predicted molar refractivity (Wildman–Crippen MR) is 254 cm³/mol. The zero-order valence-electron chi connectivity index (χ0n) is 38.2. The Morgan fingerprint density at radius 1 is 0.260 bits per heavy atom. The number of hydrogen-bond donors (Lipinski definition) is 20. The minimum Gasteiger partial charge on any atom is -0.394 e. The van der Waals surface area contributed by atoms with E-state index < -0.39 is 224 Å². The van der Waals surface area contributed by atoms with Gasteiger partial charge >= 0.3 is 0 Å². The third-order valence-corrected chi connectivity index (χ3v) is 12.9. The van der Waals surface area contributed by atoms with E-state index in [1.807, 2.05) is 0 Å². The number of ether oxygens (including phenoxy) is 11. The summed E-state index contributed by atoms with van der Waals surface area (Å²) in [5.41, 5.74) is 36.9. The van der Waals surface area contributed by atoms with Crippen molar-refractivity contribution in [3.8, 4) is 0 Å². The summed E-state index contributed by atoms with van der Waals surface area (Å²) >= 11 is 0. The van der Waals surface area contributed by atoms with Crippen LogP contribution < -0.4 is 34.4 Å². The average Bonchev–Trinajstić information content (AvgIpc) is 3.32. The molecule has 0 aromatic heterocycles. The molecule has 30 unspecified atom stereocenters. The minimum absolute atomic E-state index is 0. The van der Waals surface area contributed by atoms with E-state index in [9.17, 15) is 71.5 Å². The largest absolute Gasteiger partial charge is 0.394 e. The van der Waals surface area contributed by atoms with E-state index in [1.165, 1.54) is 0 Å². The molecule has 73 heavy (non-hydrogen) atoms. The van der Waals surface area contributed by atoms with Gasteiger partial charge < -0.3 is 158 Å². The Morgan fingerprint density at radius 3 is 0.685 bits per heavy atom. The molecule has 6 aliphatic rings. The maximum atomic E-state index is 11.4. The van der Waals surface area contributed by atoms with Gasteiger partial charge in [0.15, 0.2) is 37.7 Å². The Morgan fingerprint density at radius 2 is 0.452 bits per heavy atom. The molecular weight excluding hydrogens is 1130 g/mol. The van der Waals surface area contributed by atoms with Crippen molar-refractivity contribution in [3.63, 3.8) is 0 Å². The summed E-state index contributed by atoms with van der Waals surface area (Å²) in [6.45, 7) is -4.85. The van der Waals surface area contributed by atoms with Crippen LogP contribution in [0.2, 0.25) is 0 Å². The summed E-state index contributed by atoms with van der Waals surface area (Å²) in [7, 11) is 0. The van der Waals surface area contributed by atoms with E-state index >= 15 is 0 Å². The summed E-state index contributed by atoms with van der Waals surface area (Å²) in [4.78, 5) is 0. The molecule has 31 nitrogen and oxygen atoms in total. The van der Waals surface area contributed by atoms with Crippen molar-refractivity contribution in [3.05, 3.63) is 0 Å². The summed E-state index contributed by atoms with van der Waals surface area (Å²) in [6, 6.07) is -8.85. The van der Waals surface area contributed by atoms with Crippen LogP contribution in [0.15, 0.2) is 0 Å². The SMILES string of the molecule is Cl.Cl.Cl.Cl.Cl.Cl.NC1C(OC2C(CO)OC(OC3C(CO)OC(OC4C(CO)OC(OC5C(CO)OC(OC6C(CO)OC(O)C(N)C6O)C(N)C5O)C(N)C4O)C(N)C3O)C(N)C2O)OC(CO)C(O)C1O. The first-order valence-corrected chi connectivity index (χ1v) is 21.6. The minimum atomic E-state index is -1.79. The van der Waals surface area contributed by atoms with Gasteiger partial charge in [-0.05, 0) is 0 Å². The quantitative estimate of drug-likeness (QED) is 0.0682. The first-order chi connectivity index (χ1) is 31.8. The molecule has 6 fully saturated rings. The molecule has 0 aromatic carbocycles. The van der Waals surface area contributed by atoms with Gasteiger partial charge in [0.25, 0.3) is 0 Å². The lowest BCUT2D eigenvalue weighted by molar-refractivity contribution is -0.367. The van der Waals surface area contributed by atoms with E-state index in [0.29, 0.717) is 0 Å². The molecule has 6 aliphatic heterocycles. The second-order valence-corrected chi connectivity index (χ2v) is 17.3. The molecule has 30 atom stereocenters. The van der Waals surface area contributed by atoms with E-state index in [4.69, 9.17) is 86.5 Å². The van der Waals surface area contributed by atoms with Crippen LogP contribution in [0.4, 0.5) is 0 Å². The first-order valence-electron chi connectivity index (χ1n) is 21.6. The lowest BCUT2D eigenvalue weighted by Gasteiger charge is -2.50. The third kappa shape index (κ3) is 15.5. The molecule has 0 radical (unpaired) electrons. The molecule has 6 heterocycles. The van der Waals surface area contributed by atoms with Gasteiger partial charge in [0, 0.05) is 0 Å². The molecule has 0 bridgehead atoms. The van der Waals surface area contributed by atoms with Gasteiger partial charge in [0.1, 0.15) is 110 Å². The van der Waals surface area contributed by atoms with Crippen molar-refractivity contribution in [2.45, 2.75) is 184 Å². The van der Waals surface area contributed by atoms with Crippen molar-refractivity contribution in [2.75, 3.05) is 39.6 Å². The highest BCUT2D eigenvalue weighted by molar-refractivity contribution is 5.86. The van der Waals surface area contributed by atoms with Gasteiger partial charge in [-0.2, -0.15) is 0 Å². The second kappa shape index (κ2) is 32.1. The number of aliphatic hydroxyl groups excluding tert-OH is 14. The van der Waals surface area contributed by atoms with Gasteiger partial charge in [-0.1, -0.05) is 0 Å². The fourth-order valence-corrected chi connectivity index (χ4v) is 8.78. The molecular formula is C36H74Cl6N6O25. The standard InChI is InChI=1S/C36H68N6O25.6ClH/c37-13-21(51)26(8(2-44)57-31(13)56)63-33-15(39)23(53)28(10(4-46)59-33)65-35-17(41)25(55)30(12(6-48)61-35)67-36-18(42)24(54)29(11(5-47)62-36)66-34-16(40)22(52)27(9(3-45)60-34)64-32-14(38)20(50)19(49)7(1-43)58-32;;;;;;/h7-36,43-56H,1-6,37-42H2;6*1H. The zero-order chi connectivity index (χ0) is 49.3. The number of rotatable bonds is 16. The third-order valence-electron chi connectivity index (χ3n) is 12.9. The Labute approximate surface area is 454 Å². The topological polar surface area (TPSA) is 541 Å². The van der Waals surface area contributed by atoms with Crippen molar-refractivity contribution < 1.29 is 124 Å². The Hall–Kier alpha value is 0.500. The molecule has 37 heteroatoms. The van der Waals surface area contributed by atoms with Crippen LogP contribution >= 0.6 is 74.4 Å². The monoisotopic (exact) mass is 1200 g/mol. The number of nitrogens with two attached hydrogens (primary N) is 6. The lowest BCUT2D eigenvalue weighted by atomic mass is 9.93. The van der Waals surface area contributed by atoms with E-state index in [1.54, 1.807) is 0 Å². The van der Waals surface area contributed by atoms with Crippen LogP contribution in [0.1, 0.15) is 0 Å². The van der Waals surface area contributed by atoms with E-state index in [2.05, 4.69) is 0 Å². The Kier molecular flexibility index (Phi) is 32.3. The first kappa shape index (κ1) is 73.5. The summed E-state index contributed by atoms with van der Waals surface area (Å²) < 4.78 is 63.1. The number of hydrogen-bond acceptors (Lipinski definition) is 31. The molecule has 26 N–H and O–H groups in total. The van der Waals surface area contributed by atoms with Crippen molar-refractivity contribution in [2.24, 2.45) is 34.4 Å². The number of aliphatic hydroxyl groups is 14. The maximum Gasteiger partial charge on any atom is 0.176 e. The van der Waals surface area contributed by atoms with E-state index in [0.717, 1.165) is 0 Å². The summed E-state index contributed by atoms with van der Waals surface area (Å²) in [6.07, 6.45) is -37.6. The fourth-order valence-electron chi connectivity index (χ4n) is 8.78. The van der Waals surface area contributed by atoms with Crippen molar-refractivity contribution in [1.29, 1.82) is 0 Å². The van der Waals surface area contributed by atoms with Crippen LogP contribution in [0.3, 0.4) is 0 Å². The molecule has 6 rings (SSSR count). The Balaban J connectivity index is 0.00000864. The smallest absolute Gasteiger partial charge is 0.176 e. The van der Waals surface area contributed by atoms with Gasteiger partial charge in [-0.3, -0.25) is 0 Å². The molecule has 6 saturated heterocycles. The molecule has 0 spiro atoms. The van der Waals surface area contributed by atoms with Crippen molar-refractivity contribution in [1.82, 2.24) is 0 Å². The molecule has 0 aromatic rings. The Bertz CT molecular complexity index is 1550. The van der Waals surface area contributed by atoms with Gasteiger partial charge in [0.2, 0.25) is 0 Å². The normalized spacial score (nSPS) is 49.0. The summed E-state index contributed by atoms with van der Waals surface area (Å²) in [5.74, 6) is 0. The highest BCUT2D eigenvalue weighted by Gasteiger charge is 2.56. The number of halogens is 6. The zero-order valence-corrected chi connectivity index (χ0v) is 43.1. The molecule has 0 saturated carbocycles. The maximum absolute atomic E-state index is 11.4. The van der Waals surface area contributed by atoms with Crippen molar-refractivity contribution >= 4 is 74.4 Å². The summed E-state index contributed by atoms with van der Waals surface area (Å²) in [5, 5.41) is 147. The molecule has 0 amide bonds.